The lowest BCUT2D eigenvalue weighted by atomic mass is 10.1. The average Bonchev–Trinajstić information content (AvgIpc) is 3.76. The summed E-state index contributed by atoms with van der Waals surface area (Å²) in [6.45, 7) is 18.4. The SMILES string of the molecule is C.CC1OC(=O)C(C)OC1=O.CCOCc1nc2c(N)nc3ccccc3c2n1CC(C)(C)O.CCOCc1nc2c(N)nc3ccccc3c2n1CC(C)(C)OC(=O)C(C)OC. The second kappa shape index (κ2) is 20.9. The Morgan fingerprint density at radius 3 is 1.57 bits per heavy atom. The Balaban J connectivity index is 0.000000228. The van der Waals surface area contributed by atoms with Crippen LogP contribution in [-0.4, -0.2) is 102 Å². The molecule has 0 spiro atoms. The Morgan fingerprint density at radius 1 is 0.762 bits per heavy atom. The molecule has 342 valence electrons. The van der Waals surface area contributed by atoms with E-state index < -0.39 is 47.4 Å². The van der Waals surface area contributed by atoms with Crippen molar-refractivity contribution in [3.05, 3.63) is 60.2 Å². The monoisotopic (exact) mass is 874 g/mol. The Morgan fingerprint density at radius 2 is 1.17 bits per heavy atom. The highest BCUT2D eigenvalue weighted by molar-refractivity contribution is 6.07. The fourth-order valence-electron chi connectivity index (χ4n) is 6.65. The summed E-state index contributed by atoms with van der Waals surface area (Å²) in [5.74, 6) is 0.826. The number of pyridine rings is 2. The third kappa shape index (κ3) is 12.0. The predicted molar refractivity (Wildman–Crippen MR) is 240 cm³/mol. The van der Waals surface area contributed by atoms with Gasteiger partial charge in [0.25, 0.3) is 0 Å². The molecule has 7 rings (SSSR count). The van der Waals surface area contributed by atoms with Gasteiger partial charge in [-0.1, -0.05) is 43.8 Å². The molecule has 0 saturated carbocycles. The van der Waals surface area contributed by atoms with E-state index in [0.29, 0.717) is 68.0 Å². The first-order valence-electron chi connectivity index (χ1n) is 20.4. The fraction of sp³-hybridized carbons (Fsp3) is 0.489. The molecule has 0 bridgehead atoms. The van der Waals surface area contributed by atoms with E-state index in [1.807, 2.05) is 85.4 Å². The van der Waals surface area contributed by atoms with Gasteiger partial charge < -0.3 is 54.1 Å². The topological polar surface area (TPSA) is 240 Å². The Hall–Kier alpha value is -5.95. The number of anilines is 2. The summed E-state index contributed by atoms with van der Waals surface area (Å²) in [5, 5.41) is 12.2. The van der Waals surface area contributed by atoms with E-state index in [1.54, 1.807) is 20.8 Å². The minimum Gasteiger partial charge on any atom is -0.456 e. The Labute approximate surface area is 367 Å². The number of aromatic nitrogens is 6. The number of rotatable bonds is 13. The average molecular weight is 875 g/mol. The van der Waals surface area contributed by atoms with Crippen LogP contribution in [0.25, 0.3) is 43.9 Å². The van der Waals surface area contributed by atoms with E-state index >= 15 is 0 Å². The minimum atomic E-state index is -0.881. The summed E-state index contributed by atoms with van der Waals surface area (Å²) < 4.78 is 35.1. The first-order chi connectivity index (χ1) is 29.3. The minimum absolute atomic E-state index is 0. The fourth-order valence-corrected chi connectivity index (χ4v) is 6.65. The number of hydrogen-bond acceptors (Lipinski definition) is 16. The van der Waals surface area contributed by atoms with Gasteiger partial charge >= 0.3 is 17.9 Å². The zero-order chi connectivity index (χ0) is 45.5. The zero-order valence-electron chi connectivity index (χ0n) is 37.1. The summed E-state index contributed by atoms with van der Waals surface area (Å²) in [7, 11) is 1.48. The van der Waals surface area contributed by atoms with Crippen molar-refractivity contribution in [2.24, 2.45) is 0 Å². The summed E-state index contributed by atoms with van der Waals surface area (Å²) in [6, 6.07) is 15.6. The van der Waals surface area contributed by atoms with Gasteiger partial charge in [-0.25, -0.2) is 34.3 Å². The number of hydrogen-bond donors (Lipinski definition) is 3. The molecule has 0 amide bonds. The number of carbonyl (C=O) groups is 3. The molecular formula is C45H62N8O10. The predicted octanol–water partition coefficient (Wildman–Crippen LogP) is 6.03. The van der Waals surface area contributed by atoms with Gasteiger partial charge in [-0.15, -0.1) is 0 Å². The second-order valence-corrected chi connectivity index (χ2v) is 16.0. The van der Waals surface area contributed by atoms with E-state index in [4.69, 9.17) is 35.4 Å². The van der Waals surface area contributed by atoms with Crippen molar-refractivity contribution in [2.45, 2.75) is 126 Å². The van der Waals surface area contributed by atoms with Crippen molar-refractivity contribution in [1.82, 2.24) is 29.1 Å². The number of imidazole rings is 2. The lowest BCUT2D eigenvalue weighted by molar-refractivity contribution is -0.191. The molecule has 0 aliphatic carbocycles. The molecule has 1 aliphatic heterocycles. The molecule has 5 heterocycles. The van der Waals surface area contributed by atoms with Crippen molar-refractivity contribution >= 4 is 73.4 Å². The number of nitrogens with zero attached hydrogens (tertiary/aromatic N) is 6. The molecule has 1 aliphatic rings. The number of cyclic esters (lactones) is 2. The molecule has 6 aromatic rings. The van der Waals surface area contributed by atoms with E-state index in [1.165, 1.54) is 21.0 Å². The first kappa shape index (κ1) is 49.7. The van der Waals surface area contributed by atoms with Gasteiger partial charge in [-0.05, 0) is 74.4 Å². The van der Waals surface area contributed by atoms with Crippen LogP contribution in [0.3, 0.4) is 0 Å². The third-order valence-corrected chi connectivity index (χ3v) is 9.65. The molecule has 18 nitrogen and oxygen atoms in total. The Kier molecular flexibility index (Phi) is 16.5. The number of aliphatic hydroxyl groups is 1. The van der Waals surface area contributed by atoms with Crippen molar-refractivity contribution in [3.8, 4) is 0 Å². The molecule has 3 atom stereocenters. The van der Waals surface area contributed by atoms with Crippen molar-refractivity contribution < 1.29 is 47.9 Å². The van der Waals surface area contributed by atoms with Gasteiger partial charge in [-0.2, -0.15) is 0 Å². The quantitative estimate of drug-likeness (QED) is 0.0886. The molecule has 18 heteroatoms. The molecule has 3 unspecified atom stereocenters. The lowest BCUT2D eigenvalue weighted by Gasteiger charge is -2.28. The van der Waals surface area contributed by atoms with Crippen LogP contribution in [0.1, 0.15) is 81.4 Å². The maximum Gasteiger partial charge on any atom is 0.347 e. The van der Waals surface area contributed by atoms with Crippen LogP contribution in [0.4, 0.5) is 11.6 Å². The number of para-hydroxylation sites is 2. The molecule has 63 heavy (non-hydrogen) atoms. The van der Waals surface area contributed by atoms with Crippen LogP contribution >= 0.6 is 0 Å². The van der Waals surface area contributed by atoms with Gasteiger partial charge in [0.05, 0.1) is 40.8 Å². The number of carbonyl (C=O) groups excluding carboxylic acids is 3. The van der Waals surface area contributed by atoms with Crippen LogP contribution in [0.15, 0.2) is 48.5 Å². The van der Waals surface area contributed by atoms with Crippen molar-refractivity contribution in [3.63, 3.8) is 0 Å². The molecule has 4 aromatic heterocycles. The number of methoxy groups -OCH3 is 1. The summed E-state index contributed by atoms with van der Waals surface area (Å²) in [6.07, 6.45) is -2.13. The summed E-state index contributed by atoms with van der Waals surface area (Å²) in [4.78, 5) is 51.8. The van der Waals surface area contributed by atoms with Gasteiger partial charge in [0.15, 0.2) is 29.9 Å². The third-order valence-electron chi connectivity index (χ3n) is 9.65. The Bertz CT molecular complexity index is 2530. The zero-order valence-corrected chi connectivity index (χ0v) is 37.1. The van der Waals surface area contributed by atoms with Crippen LogP contribution in [-0.2, 0) is 69.1 Å². The highest BCUT2D eigenvalue weighted by Gasteiger charge is 2.32. The number of nitrogen functional groups attached to an aromatic ring is 2. The van der Waals surface area contributed by atoms with E-state index in [0.717, 1.165) is 38.7 Å². The number of fused-ring (bicyclic) bond motifs is 6. The van der Waals surface area contributed by atoms with Crippen molar-refractivity contribution in [1.29, 1.82) is 0 Å². The number of esters is 3. The number of ether oxygens (including phenoxy) is 6. The van der Waals surface area contributed by atoms with Crippen LogP contribution in [0, 0.1) is 0 Å². The molecule has 5 N–H and O–H groups in total. The van der Waals surface area contributed by atoms with Gasteiger partial charge in [0.1, 0.15) is 41.5 Å². The normalized spacial score (nSPS) is 15.8. The van der Waals surface area contributed by atoms with Crippen LogP contribution in [0.5, 0.6) is 0 Å². The maximum absolute atomic E-state index is 12.3. The maximum atomic E-state index is 12.3. The van der Waals surface area contributed by atoms with E-state index in [-0.39, 0.29) is 7.43 Å². The first-order valence-corrected chi connectivity index (χ1v) is 20.4. The highest BCUT2D eigenvalue weighted by Crippen LogP contribution is 2.32. The standard InChI is InChI=1S/C21H28N4O4.C17H22N4O2.C6H8O4.CH4/c1-6-28-11-16-24-17-18(14-9-7-8-10-15(14)23-19(17)22)25(16)12-21(3,4)29-20(26)13(2)27-5;1-4-23-9-13-20-14-15(21(13)10-17(2,3)22)11-7-5-6-8-12(11)19-16(14)18;1-3-5(7)10-4(2)6(8)9-3;/h7-10,13H,6,11-12H2,1-5H3,(H2,22,23);5-8,22H,4,9-10H2,1-3H3,(H2,18,19);3-4H,1-2H3;1H4. The van der Waals surface area contributed by atoms with Gasteiger partial charge in [-0.3, -0.25) is 0 Å². The highest BCUT2D eigenvalue weighted by atomic mass is 16.6. The second-order valence-electron chi connectivity index (χ2n) is 16.0. The molecule has 1 fully saturated rings. The summed E-state index contributed by atoms with van der Waals surface area (Å²) >= 11 is 0. The van der Waals surface area contributed by atoms with E-state index in [9.17, 15) is 19.5 Å². The smallest absolute Gasteiger partial charge is 0.347 e. The van der Waals surface area contributed by atoms with Crippen LogP contribution in [0.2, 0.25) is 0 Å². The molecule has 1 saturated heterocycles. The van der Waals surface area contributed by atoms with Crippen LogP contribution < -0.4 is 11.5 Å². The molecular weight excluding hydrogens is 813 g/mol. The van der Waals surface area contributed by atoms with Crippen molar-refractivity contribution in [2.75, 3.05) is 31.8 Å². The molecule has 0 radical (unpaired) electrons. The largest absolute Gasteiger partial charge is 0.456 e. The lowest BCUT2D eigenvalue weighted by Crippen LogP contribution is -2.40. The van der Waals surface area contributed by atoms with Gasteiger partial charge in [0, 0.05) is 31.1 Å². The van der Waals surface area contributed by atoms with E-state index in [2.05, 4.69) is 24.4 Å². The van der Waals surface area contributed by atoms with Gasteiger partial charge in [0.2, 0.25) is 0 Å². The molecule has 2 aromatic carbocycles. The number of benzene rings is 2. The number of nitrogens with two attached hydrogens (primary N) is 2. The summed E-state index contributed by atoms with van der Waals surface area (Å²) in [5.41, 5.74) is 15.2.